The summed E-state index contributed by atoms with van der Waals surface area (Å²) in [5.74, 6) is -0.624. The third-order valence-electron chi connectivity index (χ3n) is 4.44. The van der Waals surface area contributed by atoms with Crippen molar-refractivity contribution in [3.8, 4) is 11.5 Å². The SMILES string of the molecule is C=CCOc1cc(Br)c(/C=C2\C(=O)NC(=O)N(c3ccc(Br)c(C)c3)C2=O)cc1OC. The van der Waals surface area contributed by atoms with Crippen molar-refractivity contribution in [1.29, 1.82) is 0 Å². The number of barbiturate groups is 1. The second kappa shape index (κ2) is 9.49. The molecule has 0 saturated carbocycles. The van der Waals surface area contributed by atoms with Gasteiger partial charge in [0.05, 0.1) is 12.8 Å². The Labute approximate surface area is 196 Å². The van der Waals surface area contributed by atoms with Crippen LogP contribution in [0, 0.1) is 6.92 Å². The Hall–Kier alpha value is -2.91. The van der Waals surface area contributed by atoms with E-state index in [1.54, 1.807) is 36.4 Å². The zero-order valence-corrected chi connectivity index (χ0v) is 19.9. The number of nitrogens with one attached hydrogen (secondary N) is 1. The van der Waals surface area contributed by atoms with Gasteiger partial charge in [-0.2, -0.15) is 0 Å². The number of carbonyl (C=O) groups excluding carboxylic acids is 3. The van der Waals surface area contributed by atoms with E-state index >= 15 is 0 Å². The summed E-state index contributed by atoms with van der Waals surface area (Å²) in [5, 5.41) is 2.21. The van der Waals surface area contributed by atoms with Gasteiger partial charge in [-0.25, -0.2) is 9.69 Å². The molecule has 0 unspecified atom stereocenters. The molecule has 1 fully saturated rings. The Bertz CT molecular complexity index is 1130. The summed E-state index contributed by atoms with van der Waals surface area (Å²) in [4.78, 5) is 38.9. The van der Waals surface area contributed by atoms with Crippen LogP contribution < -0.4 is 19.7 Å². The van der Waals surface area contributed by atoms with Gasteiger partial charge in [-0.3, -0.25) is 14.9 Å². The van der Waals surface area contributed by atoms with Gasteiger partial charge < -0.3 is 9.47 Å². The first kappa shape index (κ1) is 22.8. The standard InChI is InChI=1S/C22H18Br2N2O5/c1-4-7-31-19-11-17(24)13(10-18(19)30-3)9-15-20(27)25-22(29)26(21(15)28)14-5-6-16(23)12(2)8-14/h4-6,8-11H,1,7H2,2-3H3,(H,25,27,29)/b15-9+. The van der Waals surface area contributed by atoms with E-state index in [9.17, 15) is 14.4 Å². The Kier molecular flexibility index (Phi) is 6.97. The molecule has 1 aliphatic rings. The molecule has 0 atom stereocenters. The van der Waals surface area contributed by atoms with Gasteiger partial charge in [-0.1, -0.05) is 44.5 Å². The van der Waals surface area contributed by atoms with Crippen LogP contribution in [0.1, 0.15) is 11.1 Å². The van der Waals surface area contributed by atoms with Crippen LogP contribution in [0.15, 0.2) is 57.5 Å². The molecule has 1 saturated heterocycles. The topological polar surface area (TPSA) is 84.9 Å². The average Bonchev–Trinajstić information content (AvgIpc) is 2.73. The molecule has 31 heavy (non-hydrogen) atoms. The largest absolute Gasteiger partial charge is 0.493 e. The number of carbonyl (C=O) groups is 3. The van der Waals surface area contributed by atoms with Crippen molar-refractivity contribution in [3.05, 3.63) is 68.6 Å². The van der Waals surface area contributed by atoms with E-state index in [2.05, 4.69) is 43.8 Å². The van der Waals surface area contributed by atoms with Crippen molar-refractivity contribution < 1.29 is 23.9 Å². The Morgan fingerprint density at radius 3 is 2.48 bits per heavy atom. The monoisotopic (exact) mass is 548 g/mol. The molecule has 1 aliphatic heterocycles. The predicted octanol–water partition coefficient (Wildman–Crippen LogP) is 4.76. The minimum absolute atomic E-state index is 0.192. The highest BCUT2D eigenvalue weighted by molar-refractivity contribution is 9.10. The van der Waals surface area contributed by atoms with Crippen LogP contribution >= 0.6 is 31.9 Å². The molecule has 0 spiro atoms. The molecule has 0 radical (unpaired) electrons. The highest BCUT2D eigenvalue weighted by Crippen LogP contribution is 2.35. The maximum atomic E-state index is 13.1. The molecule has 0 aliphatic carbocycles. The fourth-order valence-electron chi connectivity index (χ4n) is 2.90. The van der Waals surface area contributed by atoms with Crippen LogP contribution in [-0.4, -0.2) is 31.6 Å². The lowest BCUT2D eigenvalue weighted by Crippen LogP contribution is -2.54. The van der Waals surface area contributed by atoms with Gasteiger partial charge in [0.25, 0.3) is 11.8 Å². The highest BCUT2D eigenvalue weighted by Gasteiger charge is 2.37. The van der Waals surface area contributed by atoms with Gasteiger partial charge in [-0.15, -0.1) is 0 Å². The van der Waals surface area contributed by atoms with E-state index in [1.165, 1.54) is 13.2 Å². The van der Waals surface area contributed by atoms with Crippen LogP contribution in [0.5, 0.6) is 11.5 Å². The quantitative estimate of drug-likeness (QED) is 0.319. The van der Waals surface area contributed by atoms with Gasteiger partial charge in [-0.05, 0) is 54.5 Å². The lowest BCUT2D eigenvalue weighted by atomic mass is 10.1. The van der Waals surface area contributed by atoms with E-state index < -0.39 is 17.8 Å². The minimum atomic E-state index is -0.807. The number of urea groups is 1. The number of benzene rings is 2. The first-order valence-corrected chi connectivity index (χ1v) is 10.6. The molecule has 0 bridgehead atoms. The number of hydrogen-bond donors (Lipinski definition) is 1. The van der Waals surface area contributed by atoms with Crippen molar-refractivity contribution in [2.45, 2.75) is 6.92 Å². The number of amides is 4. The molecule has 4 amide bonds. The lowest BCUT2D eigenvalue weighted by molar-refractivity contribution is -0.122. The molecule has 2 aromatic carbocycles. The molecule has 3 rings (SSSR count). The number of ether oxygens (including phenoxy) is 2. The molecule has 160 valence electrons. The van der Waals surface area contributed by atoms with E-state index in [0.717, 1.165) is 14.9 Å². The molecule has 0 aromatic heterocycles. The van der Waals surface area contributed by atoms with E-state index in [-0.39, 0.29) is 12.2 Å². The highest BCUT2D eigenvalue weighted by atomic mass is 79.9. The fraction of sp³-hybridized carbons (Fsp3) is 0.136. The molecular weight excluding hydrogens is 532 g/mol. The van der Waals surface area contributed by atoms with Crippen LogP contribution in [-0.2, 0) is 9.59 Å². The number of rotatable bonds is 6. The molecule has 7 nitrogen and oxygen atoms in total. The van der Waals surface area contributed by atoms with Crippen molar-refractivity contribution in [3.63, 3.8) is 0 Å². The summed E-state index contributed by atoms with van der Waals surface area (Å²) in [7, 11) is 1.48. The zero-order chi connectivity index (χ0) is 22.7. The molecule has 1 N–H and O–H groups in total. The van der Waals surface area contributed by atoms with Crippen molar-refractivity contribution in [2.24, 2.45) is 0 Å². The normalized spacial score (nSPS) is 15.2. The first-order valence-electron chi connectivity index (χ1n) is 9.05. The van der Waals surface area contributed by atoms with Gasteiger partial charge in [0.1, 0.15) is 12.2 Å². The summed E-state index contributed by atoms with van der Waals surface area (Å²) in [6.45, 7) is 5.73. The van der Waals surface area contributed by atoms with Gasteiger partial charge in [0, 0.05) is 8.95 Å². The number of nitrogens with zero attached hydrogens (tertiary/aromatic N) is 1. The maximum Gasteiger partial charge on any atom is 0.335 e. The van der Waals surface area contributed by atoms with Crippen molar-refractivity contribution >= 4 is 61.5 Å². The fourth-order valence-corrected chi connectivity index (χ4v) is 3.58. The van der Waals surface area contributed by atoms with Crippen molar-refractivity contribution in [1.82, 2.24) is 5.32 Å². The van der Waals surface area contributed by atoms with Crippen LogP contribution in [0.4, 0.5) is 10.5 Å². The number of halogens is 2. The Balaban J connectivity index is 2.03. The van der Waals surface area contributed by atoms with Crippen LogP contribution in [0.25, 0.3) is 6.08 Å². The van der Waals surface area contributed by atoms with E-state index in [1.807, 2.05) is 6.92 Å². The number of methoxy groups -OCH3 is 1. The summed E-state index contributed by atoms with van der Waals surface area (Å²) < 4.78 is 12.3. The number of aryl methyl sites for hydroxylation is 1. The first-order chi connectivity index (χ1) is 14.8. The summed E-state index contributed by atoms with van der Waals surface area (Å²) in [6.07, 6.45) is 3.00. The van der Waals surface area contributed by atoms with Crippen LogP contribution in [0.2, 0.25) is 0 Å². The molecule has 1 heterocycles. The number of anilines is 1. The summed E-state index contributed by atoms with van der Waals surface area (Å²) >= 11 is 6.81. The molecule has 2 aromatic rings. The number of hydrogen-bond acceptors (Lipinski definition) is 5. The second-order valence-electron chi connectivity index (χ2n) is 6.52. The van der Waals surface area contributed by atoms with Crippen molar-refractivity contribution in [2.75, 3.05) is 18.6 Å². The third-order valence-corrected chi connectivity index (χ3v) is 6.02. The summed E-state index contributed by atoms with van der Waals surface area (Å²) in [6, 6.07) is 7.52. The zero-order valence-electron chi connectivity index (χ0n) is 16.7. The van der Waals surface area contributed by atoms with E-state index in [0.29, 0.717) is 27.2 Å². The predicted molar refractivity (Wildman–Crippen MR) is 124 cm³/mol. The molecule has 9 heteroatoms. The van der Waals surface area contributed by atoms with Gasteiger partial charge in [0.15, 0.2) is 11.5 Å². The molecular formula is C22H18Br2N2O5. The smallest absolute Gasteiger partial charge is 0.335 e. The average molecular weight is 550 g/mol. The number of imide groups is 2. The summed E-state index contributed by atoms with van der Waals surface area (Å²) in [5.41, 5.74) is 1.50. The van der Waals surface area contributed by atoms with Gasteiger partial charge in [0.2, 0.25) is 0 Å². The minimum Gasteiger partial charge on any atom is -0.493 e. The maximum absolute atomic E-state index is 13.1. The second-order valence-corrected chi connectivity index (χ2v) is 8.22. The Morgan fingerprint density at radius 2 is 1.84 bits per heavy atom. The van der Waals surface area contributed by atoms with E-state index in [4.69, 9.17) is 9.47 Å². The van der Waals surface area contributed by atoms with Crippen LogP contribution in [0.3, 0.4) is 0 Å². The third kappa shape index (κ3) is 4.72. The lowest BCUT2D eigenvalue weighted by Gasteiger charge is -2.26. The van der Waals surface area contributed by atoms with Gasteiger partial charge >= 0.3 is 6.03 Å². The Morgan fingerprint density at radius 1 is 1.10 bits per heavy atom.